The zero-order chi connectivity index (χ0) is 17.2. The summed E-state index contributed by atoms with van der Waals surface area (Å²) in [5, 5.41) is 4.20. The van der Waals surface area contributed by atoms with E-state index in [0.717, 1.165) is 41.4 Å². The predicted molar refractivity (Wildman–Crippen MR) is 104 cm³/mol. The molecule has 0 saturated carbocycles. The molecular weight excluding hydrogens is 378 g/mol. The summed E-state index contributed by atoms with van der Waals surface area (Å²) in [6, 6.07) is 18.5. The Kier molecular flexibility index (Phi) is 4.59. The largest absolute Gasteiger partial charge is 0.351 e. The maximum Gasteiger partial charge on any atom is 0.267 e. The van der Waals surface area contributed by atoms with Crippen LogP contribution in [0.1, 0.15) is 22.5 Å². The fourth-order valence-electron chi connectivity index (χ4n) is 3.42. The van der Waals surface area contributed by atoms with E-state index in [9.17, 15) is 4.79 Å². The van der Waals surface area contributed by atoms with Gasteiger partial charge in [0.25, 0.3) is 5.91 Å². The number of halogens is 1. The maximum atomic E-state index is 12.5. The SMILES string of the molecule is O=C(N[C@@H]1CCN(Cc2ccccc2)C1)c1cc2cc(Br)ccc2[nH]1. The van der Waals surface area contributed by atoms with Crippen molar-refractivity contribution in [2.24, 2.45) is 0 Å². The number of nitrogens with one attached hydrogen (secondary N) is 2. The highest BCUT2D eigenvalue weighted by atomic mass is 79.9. The average Bonchev–Trinajstić information content (AvgIpc) is 3.22. The van der Waals surface area contributed by atoms with Gasteiger partial charge >= 0.3 is 0 Å². The molecule has 1 aliphatic rings. The highest BCUT2D eigenvalue weighted by Gasteiger charge is 2.24. The number of aromatic amines is 1. The van der Waals surface area contributed by atoms with Crippen LogP contribution in [0, 0.1) is 0 Å². The number of rotatable bonds is 4. The Morgan fingerprint density at radius 3 is 2.88 bits per heavy atom. The standard InChI is InChI=1S/C20H20BrN3O/c21-16-6-7-18-15(10-16)11-19(23-18)20(25)22-17-8-9-24(13-17)12-14-4-2-1-3-5-14/h1-7,10-11,17,23H,8-9,12-13H2,(H,22,25)/t17-/m1/s1. The van der Waals surface area contributed by atoms with Crippen molar-refractivity contribution in [3.8, 4) is 0 Å². The summed E-state index contributed by atoms with van der Waals surface area (Å²) in [7, 11) is 0. The number of benzene rings is 2. The van der Waals surface area contributed by atoms with Crippen molar-refractivity contribution in [1.29, 1.82) is 0 Å². The fourth-order valence-corrected chi connectivity index (χ4v) is 3.80. The van der Waals surface area contributed by atoms with Crippen LogP contribution in [0.15, 0.2) is 59.1 Å². The van der Waals surface area contributed by atoms with E-state index in [1.54, 1.807) is 0 Å². The van der Waals surface area contributed by atoms with Gasteiger partial charge in [-0.2, -0.15) is 0 Å². The molecule has 0 aliphatic carbocycles. The summed E-state index contributed by atoms with van der Waals surface area (Å²) in [6.45, 7) is 2.85. The maximum absolute atomic E-state index is 12.5. The first kappa shape index (κ1) is 16.4. The van der Waals surface area contributed by atoms with Gasteiger partial charge in [-0.15, -0.1) is 0 Å². The van der Waals surface area contributed by atoms with E-state index in [2.05, 4.69) is 55.4 Å². The second kappa shape index (κ2) is 7.02. The van der Waals surface area contributed by atoms with Gasteiger partial charge in [0.05, 0.1) is 0 Å². The summed E-state index contributed by atoms with van der Waals surface area (Å²) in [5.41, 5.74) is 2.91. The minimum Gasteiger partial charge on any atom is -0.351 e. The lowest BCUT2D eigenvalue weighted by atomic mass is 10.2. The Balaban J connectivity index is 1.37. The Hall–Kier alpha value is -2.11. The molecule has 1 atom stereocenters. The van der Waals surface area contributed by atoms with Crippen LogP contribution >= 0.6 is 15.9 Å². The molecule has 0 spiro atoms. The quantitative estimate of drug-likeness (QED) is 0.700. The molecule has 5 heteroatoms. The van der Waals surface area contributed by atoms with E-state index < -0.39 is 0 Å². The van der Waals surface area contributed by atoms with Gasteiger partial charge in [-0.3, -0.25) is 9.69 Å². The zero-order valence-corrected chi connectivity index (χ0v) is 15.4. The molecule has 1 amide bonds. The molecule has 0 radical (unpaired) electrons. The molecule has 2 aromatic carbocycles. The predicted octanol–water partition coefficient (Wildman–Crippen LogP) is 3.93. The topological polar surface area (TPSA) is 48.1 Å². The number of amides is 1. The number of aromatic nitrogens is 1. The van der Waals surface area contributed by atoms with E-state index in [0.29, 0.717) is 5.69 Å². The van der Waals surface area contributed by atoms with Gasteiger partial charge in [-0.05, 0) is 36.2 Å². The molecule has 0 unspecified atom stereocenters. The van der Waals surface area contributed by atoms with Crippen molar-refractivity contribution in [2.45, 2.75) is 19.0 Å². The first-order chi connectivity index (χ1) is 12.2. The third-order valence-electron chi connectivity index (χ3n) is 4.68. The molecule has 1 saturated heterocycles. The van der Waals surface area contributed by atoms with Crippen LogP contribution < -0.4 is 5.32 Å². The van der Waals surface area contributed by atoms with Crippen molar-refractivity contribution in [3.05, 3.63) is 70.3 Å². The second-order valence-electron chi connectivity index (χ2n) is 6.59. The van der Waals surface area contributed by atoms with Crippen LogP contribution in [0.5, 0.6) is 0 Å². The Labute approximate surface area is 155 Å². The van der Waals surface area contributed by atoms with E-state index in [4.69, 9.17) is 0 Å². The average molecular weight is 398 g/mol. The minimum atomic E-state index is -0.0288. The molecule has 2 heterocycles. The number of carbonyl (C=O) groups excluding carboxylic acids is 1. The third-order valence-corrected chi connectivity index (χ3v) is 5.18. The van der Waals surface area contributed by atoms with Crippen LogP contribution in [-0.2, 0) is 6.54 Å². The number of H-pyrrole nitrogens is 1. The van der Waals surface area contributed by atoms with E-state index in [1.165, 1.54) is 5.56 Å². The van der Waals surface area contributed by atoms with Gasteiger partial charge in [-0.1, -0.05) is 46.3 Å². The number of hydrogen-bond donors (Lipinski definition) is 2. The molecule has 2 N–H and O–H groups in total. The van der Waals surface area contributed by atoms with E-state index >= 15 is 0 Å². The fraction of sp³-hybridized carbons (Fsp3) is 0.250. The van der Waals surface area contributed by atoms with Gasteiger partial charge in [-0.25, -0.2) is 0 Å². The van der Waals surface area contributed by atoms with Crippen molar-refractivity contribution in [3.63, 3.8) is 0 Å². The van der Waals surface area contributed by atoms with Crippen molar-refractivity contribution < 1.29 is 4.79 Å². The van der Waals surface area contributed by atoms with Crippen LogP contribution in [0.2, 0.25) is 0 Å². The molecular formula is C20H20BrN3O. The highest BCUT2D eigenvalue weighted by Crippen LogP contribution is 2.21. The van der Waals surface area contributed by atoms with Crippen LogP contribution in [-0.4, -0.2) is 34.9 Å². The lowest BCUT2D eigenvalue weighted by Crippen LogP contribution is -2.37. The van der Waals surface area contributed by atoms with E-state index in [1.807, 2.05) is 30.3 Å². The molecule has 1 aliphatic heterocycles. The van der Waals surface area contributed by atoms with Crippen LogP contribution in [0.3, 0.4) is 0 Å². The monoisotopic (exact) mass is 397 g/mol. The van der Waals surface area contributed by atoms with Gasteiger partial charge in [0, 0.05) is 41.1 Å². The molecule has 4 nitrogen and oxygen atoms in total. The Morgan fingerprint density at radius 2 is 2.04 bits per heavy atom. The van der Waals surface area contributed by atoms with Crippen molar-refractivity contribution >= 4 is 32.7 Å². The molecule has 1 fully saturated rings. The van der Waals surface area contributed by atoms with Gasteiger partial charge < -0.3 is 10.3 Å². The number of likely N-dealkylation sites (tertiary alicyclic amines) is 1. The smallest absolute Gasteiger partial charge is 0.267 e. The molecule has 4 rings (SSSR count). The first-order valence-corrected chi connectivity index (χ1v) is 9.32. The molecule has 25 heavy (non-hydrogen) atoms. The summed E-state index contributed by atoms with van der Waals surface area (Å²) >= 11 is 3.46. The Bertz CT molecular complexity index is 890. The van der Waals surface area contributed by atoms with Crippen molar-refractivity contribution in [1.82, 2.24) is 15.2 Å². The number of carbonyl (C=O) groups is 1. The molecule has 128 valence electrons. The summed E-state index contributed by atoms with van der Waals surface area (Å²) in [6.07, 6.45) is 0.990. The van der Waals surface area contributed by atoms with Crippen LogP contribution in [0.4, 0.5) is 0 Å². The minimum absolute atomic E-state index is 0.0288. The number of hydrogen-bond acceptors (Lipinski definition) is 2. The molecule has 1 aromatic heterocycles. The molecule has 3 aromatic rings. The second-order valence-corrected chi connectivity index (χ2v) is 7.51. The summed E-state index contributed by atoms with van der Waals surface area (Å²) in [4.78, 5) is 18.1. The van der Waals surface area contributed by atoms with Crippen LogP contribution in [0.25, 0.3) is 10.9 Å². The third kappa shape index (κ3) is 3.78. The Morgan fingerprint density at radius 1 is 1.20 bits per heavy atom. The molecule has 0 bridgehead atoms. The lowest BCUT2D eigenvalue weighted by molar-refractivity contribution is 0.0933. The van der Waals surface area contributed by atoms with Crippen molar-refractivity contribution in [2.75, 3.05) is 13.1 Å². The highest BCUT2D eigenvalue weighted by molar-refractivity contribution is 9.10. The first-order valence-electron chi connectivity index (χ1n) is 8.53. The number of nitrogens with zero attached hydrogens (tertiary/aromatic N) is 1. The van der Waals surface area contributed by atoms with Gasteiger partial charge in [0.2, 0.25) is 0 Å². The van der Waals surface area contributed by atoms with E-state index in [-0.39, 0.29) is 11.9 Å². The normalized spacial score (nSPS) is 17.9. The van der Waals surface area contributed by atoms with Gasteiger partial charge in [0.15, 0.2) is 0 Å². The summed E-state index contributed by atoms with van der Waals surface area (Å²) < 4.78 is 1.01. The summed E-state index contributed by atoms with van der Waals surface area (Å²) in [5.74, 6) is -0.0288. The zero-order valence-electron chi connectivity index (χ0n) is 13.8. The lowest BCUT2D eigenvalue weighted by Gasteiger charge is -2.16. The van der Waals surface area contributed by atoms with Gasteiger partial charge in [0.1, 0.15) is 5.69 Å². The number of fused-ring (bicyclic) bond motifs is 1.